The number of rotatable bonds is 3. The fourth-order valence-electron chi connectivity index (χ4n) is 1.97. The Morgan fingerprint density at radius 2 is 1.78 bits per heavy atom. The Bertz CT molecular complexity index is 456. The number of carbonyl (C=O) groups excluding carboxylic acids is 2. The largest absolute Gasteiger partial charge is 0.335 e. The molecule has 1 saturated heterocycles. The number of nitrogens with two attached hydrogens (primary N) is 1. The smallest absolute Gasteiger partial charge is 0.247 e. The predicted molar refractivity (Wildman–Crippen MR) is 69.2 cm³/mol. The zero-order valence-electron chi connectivity index (χ0n) is 10.4. The summed E-state index contributed by atoms with van der Waals surface area (Å²) in [7, 11) is 1.64. The molecule has 1 aromatic rings. The highest BCUT2D eigenvalue weighted by Crippen LogP contribution is 2.18. The average Bonchev–Trinajstić information content (AvgIpc) is 2.35. The molecule has 1 heterocycles. The third-order valence-electron chi connectivity index (χ3n) is 3.07. The van der Waals surface area contributed by atoms with Crippen LogP contribution in [0.4, 0.5) is 5.69 Å². The summed E-state index contributed by atoms with van der Waals surface area (Å²) in [6.45, 7) is 0.861. The summed E-state index contributed by atoms with van der Waals surface area (Å²) in [5.41, 5.74) is 7.38. The highest BCUT2D eigenvalue weighted by Gasteiger charge is 2.28. The van der Waals surface area contributed by atoms with Crippen LogP contribution in [0.25, 0.3) is 0 Å². The van der Waals surface area contributed by atoms with Crippen LogP contribution < -0.4 is 10.6 Å². The molecule has 0 radical (unpaired) electrons. The molecule has 1 fully saturated rings. The van der Waals surface area contributed by atoms with E-state index in [1.54, 1.807) is 7.05 Å². The van der Waals surface area contributed by atoms with Gasteiger partial charge >= 0.3 is 0 Å². The van der Waals surface area contributed by atoms with E-state index in [0.29, 0.717) is 6.54 Å². The number of likely N-dealkylation sites (N-methyl/N-ethyl adjacent to an activating group) is 1. The summed E-state index contributed by atoms with van der Waals surface area (Å²) < 4.78 is 0. The minimum absolute atomic E-state index is 0.0411. The third-order valence-corrected chi connectivity index (χ3v) is 3.07. The van der Waals surface area contributed by atoms with Crippen molar-refractivity contribution in [2.24, 2.45) is 5.73 Å². The number of hydrogen-bond acceptors (Lipinski definition) is 3. The highest BCUT2D eigenvalue weighted by atomic mass is 16.2. The van der Waals surface area contributed by atoms with Crippen molar-refractivity contribution >= 4 is 17.5 Å². The summed E-state index contributed by atoms with van der Waals surface area (Å²) in [6, 6.07) is 7.61. The molecular formula is C13H17N3O2. The van der Waals surface area contributed by atoms with Gasteiger partial charge in [0.15, 0.2) is 0 Å². The summed E-state index contributed by atoms with van der Waals surface area (Å²) in [5.74, 6) is -0.0932. The van der Waals surface area contributed by atoms with Gasteiger partial charge in [0.05, 0.1) is 6.54 Å². The molecular weight excluding hydrogens is 230 g/mol. The van der Waals surface area contributed by atoms with E-state index in [0.717, 1.165) is 17.7 Å². The molecule has 0 unspecified atom stereocenters. The highest BCUT2D eigenvalue weighted by molar-refractivity contribution is 6.04. The van der Waals surface area contributed by atoms with Gasteiger partial charge in [0.25, 0.3) is 0 Å². The molecule has 0 atom stereocenters. The van der Waals surface area contributed by atoms with Crippen LogP contribution in [0.1, 0.15) is 5.56 Å². The van der Waals surface area contributed by atoms with E-state index in [2.05, 4.69) is 0 Å². The standard InChI is InChI=1S/C13H17N3O2/c1-15-8-13(18)16(9-12(15)17)11-4-2-10(3-5-11)6-7-14/h2-5H,6-9,14H2,1H3. The molecule has 5 heteroatoms. The van der Waals surface area contributed by atoms with Gasteiger partial charge in [-0.2, -0.15) is 0 Å². The Hall–Kier alpha value is -1.88. The second-order valence-corrected chi connectivity index (χ2v) is 4.43. The number of piperazine rings is 1. The predicted octanol–water partition coefficient (Wildman–Crippen LogP) is -0.00720. The molecule has 18 heavy (non-hydrogen) atoms. The number of hydrogen-bond donors (Lipinski definition) is 1. The molecule has 0 spiro atoms. The minimum atomic E-state index is -0.0522. The maximum atomic E-state index is 11.9. The van der Waals surface area contributed by atoms with Crippen molar-refractivity contribution in [1.82, 2.24) is 4.90 Å². The topological polar surface area (TPSA) is 66.6 Å². The van der Waals surface area contributed by atoms with E-state index in [9.17, 15) is 9.59 Å². The van der Waals surface area contributed by atoms with Gasteiger partial charge in [-0.05, 0) is 30.7 Å². The van der Waals surface area contributed by atoms with Gasteiger partial charge in [0.2, 0.25) is 11.8 Å². The number of nitrogens with zero attached hydrogens (tertiary/aromatic N) is 2. The number of carbonyl (C=O) groups is 2. The number of amides is 2. The van der Waals surface area contributed by atoms with Gasteiger partial charge in [0, 0.05) is 12.7 Å². The van der Waals surface area contributed by atoms with E-state index in [1.807, 2.05) is 24.3 Å². The zero-order chi connectivity index (χ0) is 13.1. The Morgan fingerprint density at radius 3 is 2.39 bits per heavy atom. The van der Waals surface area contributed by atoms with Crippen LogP contribution in [0.5, 0.6) is 0 Å². The van der Waals surface area contributed by atoms with Crippen molar-refractivity contribution in [1.29, 1.82) is 0 Å². The van der Waals surface area contributed by atoms with E-state index in [4.69, 9.17) is 5.73 Å². The van der Waals surface area contributed by atoms with E-state index >= 15 is 0 Å². The summed E-state index contributed by atoms with van der Waals surface area (Å²) >= 11 is 0. The maximum Gasteiger partial charge on any atom is 0.247 e. The molecule has 0 aromatic heterocycles. The van der Waals surface area contributed by atoms with Crippen LogP contribution >= 0.6 is 0 Å². The molecule has 0 aliphatic carbocycles. The van der Waals surface area contributed by atoms with Crippen LogP contribution in [-0.4, -0.2) is 43.4 Å². The van der Waals surface area contributed by atoms with Crippen LogP contribution in [0.15, 0.2) is 24.3 Å². The lowest BCUT2D eigenvalue weighted by Gasteiger charge is -2.31. The first kappa shape index (κ1) is 12.6. The Morgan fingerprint density at radius 1 is 1.11 bits per heavy atom. The molecule has 96 valence electrons. The van der Waals surface area contributed by atoms with Crippen molar-refractivity contribution in [2.75, 3.05) is 31.6 Å². The van der Waals surface area contributed by atoms with Gasteiger partial charge in [-0.25, -0.2) is 0 Å². The van der Waals surface area contributed by atoms with Crippen molar-refractivity contribution in [3.8, 4) is 0 Å². The minimum Gasteiger partial charge on any atom is -0.335 e. The van der Waals surface area contributed by atoms with Gasteiger partial charge in [-0.3, -0.25) is 9.59 Å². The van der Waals surface area contributed by atoms with Gasteiger partial charge in [0.1, 0.15) is 6.54 Å². The number of benzene rings is 1. The van der Waals surface area contributed by atoms with Crippen molar-refractivity contribution < 1.29 is 9.59 Å². The van der Waals surface area contributed by atoms with Crippen molar-refractivity contribution in [3.63, 3.8) is 0 Å². The molecule has 1 aromatic carbocycles. The third kappa shape index (κ3) is 2.51. The molecule has 0 bridgehead atoms. The first-order chi connectivity index (χ1) is 8.61. The van der Waals surface area contributed by atoms with Gasteiger partial charge in [-0.15, -0.1) is 0 Å². The van der Waals surface area contributed by atoms with Crippen LogP contribution in [0.2, 0.25) is 0 Å². The monoisotopic (exact) mass is 247 g/mol. The van der Waals surface area contributed by atoms with Crippen LogP contribution in [0.3, 0.4) is 0 Å². The summed E-state index contributed by atoms with van der Waals surface area (Å²) in [6.07, 6.45) is 0.815. The molecule has 0 saturated carbocycles. The summed E-state index contributed by atoms with van der Waals surface area (Å²) in [4.78, 5) is 26.5. The lowest BCUT2D eigenvalue weighted by molar-refractivity contribution is -0.136. The second-order valence-electron chi connectivity index (χ2n) is 4.43. The van der Waals surface area contributed by atoms with Gasteiger partial charge < -0.3 is 15.5 Å². The number of anilines is 1. The Kier molecular flexibility index (Phi) is 3.62. The fourth-order valence-corrected chi connectivity index (χ4v) is 1.97. The quantitative estimate of drug-likeness (QED) is 0.817. The molecule has 5 nitrogen and oxygen atoms in total. The molecule has 2 amide bonds. The van der Waals surface area contributed by atoms with Crippen LogP contribution in [-0.2, 0) is 16.0 Å². The molecule has 2 rings (SSSR count). The molecule has 1 aliphatic rings. The van der Waals surface area contributed by atoms with Crippen LogP contribution in [0, 0.1) is 0 Å². The molecule has 2 N–H and O–H groups in total. The lowest BCUT2D eigenvalue weighted by Crippen LogP contribution is -2.52. The van der Waals surface area contributed by atoms with Crippen molar-refractivity contribution in [3.05, 3.63) is 29.8 Å². The summed E-state index contributed by atoms with van der Waals surface area (Å²) in [5, 5.41) is 0. The lowest BCUT2D eigenvalue weighted by atomic mass is 10.1. The van der Waals surface area contributed by atoms with E-state index in [-0.39, 0.29) is 24.9 Å². The van der Waals surface area contributed by atoms with Gasteiger partial charge in [-0.1, -0.05) is 12.1 Å². The van der Waals surface area contributed by atoms with E-state index < -0.39 is 0 Å². The van der Waals surface area contributed by atoms with Crippen molar-refractivity contribution in [2.45, 2.75) is 6.42 Å². The zero-order valence-corrected chi connectivity index (χ0v) is 10.4. The Balaban J connectivity index is 2.15. The fraction of sp³-hybridized carbons (Fsp3) is 0.385. The SMILES string of the molecule is CN1CC(=O)N(c2ccc(CCN)cc2)CC1=O. The first-order valence-corrected chi connectivity index (χ1v) is 5.95. The van der Waals surface area contributed by atoms with E-state index in [1.165, 1.54) is 9.80 Å². The molecule has 1 aliphatic heterocycles. The normalized spacial score (nSPS) is 16.3. The first-order valence-electron chi connectivity index (χ1n) is 5.95. The Labute approximate surface area is 106 Å². The maximum absolute atomic E-state index is 11.9. The average molecular weight is 247 g/mol. The second kappa shape index (κ2) is 5.18.